The van der Waals surface area contributed by atoms with Crippen LogP contribution in [0.1, 0.15) is 29.7 Å². The summed E-state index contributed by atoms with van der Waals surface area (Å²) in [5, 5.41) is 13.2. The minimum Gasteiger partial charge on any atom is -0.508 e. The molecule has 1 heterocycles. The average molecular weight is 269 g/mol. The third-order valence-corrected chi connectivity index (χ3v) is 3.68. The zero-order valence-electron chi connectivity index (χ0n) is 11.6. The van der Waals surface area contributed by atoms with Crippen molar-refractivity contribution in [1.82, 2.24) is 5.32 Å². The van der Waals surface area contributed by atoms with Crippen LogP contribution in [0.5, 0.6) is 11.5 Å². The maximum absolute atomic E-state index is 9.62. The molecule has 0 bridgehead atoms. The molecule has 0 spiro atoms. The Morgan fingerprint density at radius 1 is 1.25 bits per heavy atom. The molecule has 3 rings (SSSR count). The van der Waals surface area contributed by atoms with E-state index in [1.165, 1.54) is 16.7 Å². The van der Waals surface area contributed by atoms with Gasteiger partial charge in [0.05, 0.1) is 12.6 Å². The first kappa shape index (κ1) is 13.0. The number of benzene rings is 2. The first-order valence-corrected chi connectivity index (χ1v) is 7.06. The van der Waals surface area contributed by atoms with E-state index in [-0.39, 0.29) is 6.04 Å². The minimum absolute atomic E-state index is 0.166. The monoisotopic (exact) mass is 269 g/mol. The van der Waals surface area contributed by atoms with E-state index in [2.05, 4.69) is 17.4 Å². The van der Waals surface area contributed by atoms with Gasteiger partial charge < -0.3 is 15.2 Å². The Hall–Kier alpha value is -2.00. The zero-order valence-corrected chi connectivity index (χ0v) is 11.6. The fourth-order valence-electron chi connectivity index (χ4n) is 2.80. The molecule has 104 valence electrons. The van der Waals surface area contributed by atoms with Crippen molar-refractivity contribution in [2.24, 2.45) is 0 Å². The van der Waals surface area contributed by atoms with E-state index in [1.54, 1.807) is 6.07 Å². The summed E-state index contributed by atoms with van der Waals surface area (Å²) in [7, 11) is 0. The molecule has 0 aromatic heterocycles. The van der Waals surface area contributed by atoms with Crippen molar-refractivity contribution in [1.29, 1.82) is 0 Å². The Labute approximate surface area is 119 Å². The van der Waals surface area contributed by atoms with Crippen LogP contribution in [0.4, 0.5) is 0 Å². The SMILES string of the molecule is CCOc1cccc(C2NCCc3cc(O)ccc32)c1. The van der Waals surface area contributed by atoms with Crippen LogP contribution in [0, 0.1) is 0 Å². The lowest BCUT2D eigenvalue weighted by Gasteiger charge is -2.27. The van der Waals surface area contributed by atoms with E-state index < -0.39 is 0 Å². The number of phenolic OH excluding ortho intramolecular Hbond substituents is 1. The highest BCUT2D eigenvalue weighted by atomic mass is 16.5. The predicted molar refractivity (Wildman–Crippen MR) is 79.3 cm³/mol. The van der Waals surface area contributed by atoms with Gasteiger partial charge in [0.2, 0.25) is 0 Å². The normalized spacial score (nSPS) is 17.6. The summed E-state index contributed by atoms with van der Waals surface area (Å²) in [5.74, 6) is 1.24. The zero-order chi connectivity index (χ0) is 13.9. The van der Waals surface area contributed by atoms with Crippen LogP contribution in [0.2, 0.25) is 0 Å². The van der Waals surface area contributed by atoms with Gasteiger partial charge in [-0.25, -0.2) is 0 Å². The Kier molecular flexibility index (Phi) is 3.61. The molecule has 1 unspecified atom stereocenters. The predicted octanol–water partition coefficient (Wildman–Crippen LogP) is 3.03. The Morgan fingerprint density at radius 2 is 2.15 bits per heavy atom. The lowest BCUT2D eigenvalue weighted by molar-refractivity contribution is 0.339. The lowest BCUT2D eigenvalue weighted by atomic mass is 9.89. The molecule has 2 N–H and O–H groups in total. The molecule has 3 nitrogen and oxygen atoms in total. The highest BCUT2D eigenvalue weighted by Gasteiger charge is 2.21. The molecule has 1 aliphatic heterocycles. The maximum atomic E-state index is 9.62. The van der Waals surface area contributed by atoms with Crippen molar-refractivity contribution in [3.05, 3.63) is 59.2 Å². The van der Waals surface area contributed by atoms with Crippen molar-refractivity contribution in [3.63, 3.8) is 0 Å². The second-order valence-electron chi connectivity index (χ2n) is 5.03. The summed E-state index contributed by atoms with van der Waals surface area (Å²) in [6.45, 7) is 3.58. The van der Waals surface area contributed by atoms with E-state index in [4.69, 9.17) is 4.74 Å². The van der Waals surface area contributed by atoms with Gasteiger partial charge in [0.1, 0.15) is 11.5 Å². The number of fused-ring (bicyclic) bond motifs is 1. The topological polar surface area (TPSA) is 41.5 Å². The van der Waals surface area contributed by atoms with E-state index in [9.17, 15) is 5.11 Å². The van der Waals surface area contributed by atoms with Crippen LogP contribution < -0.4 is 10.1 Å². The fraction of sp³-hybridized carbons (Fsp3) is 0.294. The number of phenols is 1. The lowest BCUT2D eigenvalue weighted by Crippen LogP contribution is -2.30. The van der Waals surface area contributed by atoms with Gasteiger partial charge in [0.25, 0.3) is 0 Å². The number of hydrogen-bond acceptors (Lipinski definition) is 3. The number of ether oxygens (including phenoxy) is 1. The molecule has 1 atom stereocenters. The molecule has 0 amide bonds. The average Bonchev–Trinajstić information content (AvgIpc) is 2.47. The Morgan fingerprint density at radius 3 is 3.00 bits per heavy atom. The third-order valence-electron chi connectivity index (χ3n) is 3.68. The fourth-order valence-corrected chi connectivity index (χ4v) is 2.80. The largest absolute Gasteiger partial charge is 0.508 e. The molecule has 20 heavy (non-hydrogen) atoms. The standard InChI is InChI=1S/C17H19NO2/c1-2-20-15-5-3-4-13(11-15)17-16-7-6-14(19)10-12(16)8-9-18-17/h3-7,10-11,17-19H,2,8-9H2,1H3. The van der Waals surface area contributed by atoms with Crippen molar-refractivity contribution in [2.75, 3.05) is 13.2 Å². The first-order chi connectivity index (χ1) is 9.78. The van der Waals surface area contributed by atoms with Crippen molar-refractivity contribution in [2.45, 2.75) is 19.4 Å². The molecule has 0 saturated carbocycles. The smallest absolute Gasteiger partial charge is 0.119 e. The van der Waals surface area contributed by atoms with Crippen LogP contribution >= 0.6 is 0 Å². The van der Waals surface area contributed by atoms with Crippen molar-refractivity contribution < 1.29 is 9.84 Å². The molecule has 1 aliphatic rings. The molecule has 0 aliphatic carbocycles. The van der Waals surface area contributed by atoms with Gasteiger partial charge in [-0.2, -0.15) is 0 Å². The quantitative estimate of drug-likeness (QED) is 0.900. The molecular formula is C17H19NO2. The summed E-state index contributed by atoms with van der Waals surface area (Å²) in [5.41, 5.74) is 3.65. The third kappa shape index (κ3) is 2.49. The van der Waals surface area contributed by atoms with Gasteiger partial charge in [-0.15, -0.1) is 0 Å². The van der Waals surface area contributed by atoms with Gasteiger partial charge in [-0.1, -0.05) is 18.2 Å². The van der Waals surface area contributed by atoms with Crippen molar-refractivity contribution in [3.8, 4) is 11.5 Å². The van der Waals surface area contributed by atoms with E-state index in [1.807, 2.05) is 31.2 Å². The highest BCUT2D eigenvalue weighted by molar-refractivity contribution is 5.44. The van der Waals surface area contributed by atoms with Gasteiger partial charge in [0.15, 0.2) is 0 Å². The van der Waals surface area contributed by atoms with Crippen molar-refractivity contribution >= 4 is 0 Å². The highest BCUT2D eigenvalue weighted by Crippen LogP contribution is 2.32. The van der Waals surface area contributed by atoms with Crippen LogP contribution in [0.3, 0.4) is 0 Å². The van der Waals surface area contributed by atoms with Gasteiger partial charge in [0, 0.05) is 6.54 Å². The molecule has 0 fully saturated rings. The maximum Gasteiger partial charge on any atom is 0.119 e. The molecule has 2 aromatic rings. The van der Waals surface area contributed by atoms with Gasteiger partial charge in [-0.3, -0.25) is 0 Å². The van der Waals surface area contributed by atoms with E-state index in [0.717, 1.165) is 18.7 Å². The summed E-state index contributed by atoms with van der Waals surface area (Å²) in [6.07, 6.45) is 0.950. The van der Waals surface area contributed by atoms with Crippen LogP contribution in [-0.2, 0) is 6.42 Å². The Bertz CT molecular complexity index is 610. The second kappa shape index (κ2) is 5.55. The number of aromatic hydroxyl groups is 1. The summed E-state index contributed by atoms with van der Waals surface area (Å²) in [4.78, 5) is 0. The molecule has 2 aromatic carbocycles. The Balaban J connectivity index is 1.98. The van der Waals surface area contributed by atoms with Crippen LogP contribution in [-0.4, -0.2) is 18.3 Å². The van der Waals surface area contributed by atoms with Gasteiger partial charge in [-0.05, 0) is 54.3 Å². The van der Waals surface area contributed by atoms with E-state index in [0.29, 0.717) is 12.4 Å². The molecular weight excluding hydrogens is 250 g/mol. The second-order valence-corrected chi connectivity index (χ2v) is 5.03. The molecule has 0 radical (unpaired) electrons. The number of nitrogens with one attached hydrogen (secondary N) is 1. The van der Waals surface area contributed by atoms with E-state index >= 15 is 0 Å². The van der Waals surface area contributed by atoms with Gasteiger partial charge >= 0.3 is 0 Å². The minimum atomic E-state index is 0.166. The molecule has 0 saturated heterocycles. The molecule has 3 heteroatoms. The van der Waals surface area contributed by atoms with Crippen LogP contribution in [0.15, 0.2) is 42.5 Å². The summed E-state index contributed by atoms with van der Waals surface area (Å²) < 4.78 is 5.58. The summed E-state index contributed by atoms with van der Waals surface area (Å²) in [6, 6.07) is 14.0. The first-order valence-electron chi connectivity index (χ1n) is 7.06. The summed E-state index contributed by atoms with van der Waals surface area (Å²) >= 11 is 0. The van der Waals surface area contributed by atoms with Crippen LogP contribution in [0.25, 0.3) is 0 Å². The number of hydrogen-bond donors (Lipinski definition) is 2. The number of rotatable bonds is 3.